The van der Waals surface area contributed by atoms with E-state index in [0.29, 0.717) is 0 Å². The van der Waals surface area contributed by atoms with Gasteiger partial charge < -0.3 is 0 Å². The van der Waals surface area contributed by atoms with Crippen molar-refractivity contribution < 1.29 is 0 Å². The first-order valence-electron chi connectivity index (χ1n) is 6.07. The zero-order chi connectivity index (χ0) is 13.2. The van der Waals surface area contributed by atoms with E-state index >= 15 is 0 Å². The fourth-order valence-electron chi connectivity index (χ4n) is 1.67. The zero-order valence-electron chi connectivity index (χ0n) is 11.0. The van der Waals surface area contributed by atoms with Gasteiger partial charge in [-0.15, -0.1) is 11.5 Å². The van der Waals surface area contributed by atoms with Gasteiger partial charge in [0, 0.05) is 18.0 Å². The summed E-state index contributed by atoms with van der Waals surface area (Å²) in [6.45, 7) is 7.58. The highest BCUT2D eigenvalue weighted by Gasteiger charge is 2.07. The van der Waals surface area contributed by atoms with Crippen LogP contribution < -0.4 is 0 Å². The predicted molar refractivity (Wildman–Crippen MR) is 80.5 cm³/mol. The summed E-state index contributed by atoms with van der Waals surface area (Å²) in [5.41, 5.74) is 4.30. The topological polar surface area (TPSA) is 17.8 Å². The number of nitrogens with zero attached hydrogens (tertiary/aromatic N) is 2. The molecule has 2 rings (SSSR count). The summed E-state index contributed by atoms with van der Waals surface area (Å²) >= 11 is 6.12. The maximum Gasteiger partial charge on any atom is 0.129 e. The quantitative estimate of drug-likeness (QED) is 0.600. The molecule has 1 aromatic carbocycles. The van der Waals surface area contributed by atoms with Crippen LogP contribution in [0, 0.1) is 11.5 Å². The van der Waals surface area contributed by atoms with E-state index in [1.807, 2.05) is 29.1 Å². The average molecular weight is 277 g/mol. The summed E-state index contributed by atoms with van der Waals surface area (Å²) < 4.78 is 1.93. The van der Waals surface area contributed by atoms with Crippen LogP contribution in [-0.4, -0.2) is 17.9 Å². The third-order valence-corrected chi connectivity index (χ3v) is 3.73. The lowest BCUT2D eigenvalue weighted by Gasteiger charge is -2.03. The van der Waals surface area contributed by atoms with Crippen LogP contribution in [0.3, 0.4) is 0 Å². The molecule has 0 amide bonds. The molecule has 0 bridgehead atoms. The summed E-state index contributed by atoms with van der Waals surface area (Å²) in [4.78, 5) is 0. The number of hydrogen-bond acceptors (Lipinski definition) is 1. The van der Waals surface area contributed by atoms with Crippen molar-refractivity contribution in [1.82, 2.24) is 9.78 Å². The Balaban J connectivity index is 2.08. The summed E-state index contributed by atoms with van der Waals surface area (Å²) in [5, 5.41) is 6.25. The Morgan fingerprint density at radius 2 is 2.11 bits per heavy atom. The molecule has 18 heavy (non-hydrogen) atoms. The first kappa shape index (κ1) is 13.2. The monoisotopic (exact) mass is 276 g/mol. The van der Waals surface area contributed by atoms with Gasteiger partial charge in [-0.25, -0.2) is 0 Å². The van der Waals surface area contributed by atoms with E-state index < -0.39 is 8.07 Å². The standard InChI is InChI=1S/C14H17ClN2Si/c1-18(2,3)10-5-4-9-17-11-12-13(15)7-6-8-14(12)16-17/h6-8,11H,4,9H2,1-3H3. The molecule has 2 nitrogen and oxygen atoms in total. The molecule has 0 aliphatic heterocycles. The van der Waals surface area contributed by atoms with E-state index in [2.05, 4.69) is 36.2 Å². The van der Waals surface area contributed by atoms with Gasteiger partial charge in [-0.05, 0) is 12.1 Å². The molecule has 94 valence electrons. The average Bonchev–Trinajstić information content (AvgIpc) is 2.68. The molecule has 0 aliphatic rings. The molecule has 0 N–H and O–H groups in total. The van der Waals surface area contributed by atoms with E-state index in [0.717, 1.165) is 28.9 Å². The van der Waals surface area contributed by atoms with Gasteiger partial charge >= 0.3 is 0 Å². The van der Waals surface area contributed by atoms with Gasteiger partial charge in [-0.3, -0.25) is 4.68 Å². The first-order chi connectivity index (χ1) is 8.46. The van der Waals surface area contributed by atoms with Crippen LogP contribution in [0.15, 0.2) is 24.4 Å². The number of aromatic nitrogens is 2. The minimum Gasteiger partial charge on any atom is -0.271 e. The molecule has 0 aliphatic carbocycles. The van der Waals surface area contributed by atoms with E-state index in [4.69, 9.17) is 11.6 Å². The summed E-state index contributed by atoms with van der Waals surface area (Å²) in [5.74, 6) is 3.25. The molecule has 0 radical (unpaired) electrons. The molecule has 2 aromatic rings. The van der Waals surface area contributed by atoms with Crippen molar-refractivity contribution in [2.24, 2.45) is 0 Å². The van der Waals surface area contributed by atoms with E-state index in [-0.39, 0.29) is 0 Å². The Hall–Kier alpha value is -1.24. The Kier molecular flexibility index (Phi) is 3.79. The molecule has 1 heterocycles. The molecular formula is C14H17ClN2Si. The third kappa shape index (κ3) is 3.38. The van der Waals surface area contributed by atoms with Crippen molar-refractivity contribution in [3.8, 4) is 11.5 Å². The van der Waals surface area contributed by atoms with Crippen molar-refractivity contribution in [1.29, 1.82) is 0 Å². The molecule has 1 aromatic heterocycles. The molecule has 0 saturated carbocycles. The smallest absolute Gasteiger partial charge is 0.129 e. The molecule has 0 saturated heterocycles. The fraction of sp³-hybridized carbons (Fsp3) is 0.357. The van der Waals surface area contributed by atoms with Crippen LogP contribution in [0.25, 0.3) is 10.9 Å². The predicted octanol–water partition coefficient (Wildman–Crippen LogP) is 3.96. The molecule has 0 fully saturated rings. The van der Waals surface area contributed by atoms with Gasteiger partial charge in [0.1, 0.15) is 8.07 Å². The van der Waals surface area contributed by atoms with Gasteiger partial charge in [0.05, 0.1) is 17.1 Å². The van der Waals surface area contributed by atoms with Crippen molar-refractivity contribution in [2.75, 3.05) is 0 Å². The molecule has 0 spiro atoms. The van der Waals surface area contributed by atoms with E-state index in [1.165, 1.54) is 0 Å². The van der Waals surface area contributed by atoms with Crippen LogP contribution in [-0.2, 0) is 6.54 Å². The molecular weight excluding hydrogens is 260 g/mol. The molecule has 0 unspecified atom stereocenters. The number of aryl methyl sites for hydroxylation is 1. The maximum absolute atomic E-state index is 6.12. The Morgan fingerprint density at radius 3 is 2.78 bits per heavy atom. The number of rotatable bonds is 2. The van der Waals surface area contributed by atoms with Gasteiger partial charge in [0.15, 0.2) is 0 Å². The Bertz CT molecular complexity index is 614. The van der Waals surface area contributed by atoms with Gasteiger partial charge in [-0.1, -0.05) is 37.3 Å². The van der Waals surface area contributed by atoms with Crippen LogP contribution >= 0.6 is 11.6 Å². The highest BCUT2D eigenvalue weighted by Crippen LogP contribution is 2.21. The summed E-state index contributed by atoms with van der Waals surface area (Å²) in [7, 11) is -1.25. The Morgan fingerprint density at radius 1 is 1.33 bits per heavy atom. The first-order valence-corrected chi connectivity index (χ1v) is 9.95. The lowest BCUT2D eigenvalue weighted by atomic mass is 10.3. The number of hydrogen-bond donors (Lipinski definition) is 0. The lowest BCUT2D eigenvalue weighted by Crippen LogP contribution is -2.16. The molecule has 4 heteroatoms. The zero-order valence-corrected chi connectivity index (χ0v) is 12.8. The fourth-order valence-corrected chi connectivity index (χ4v) is 2.54. The second-order valence-electron chi connectivity index (χ2n) is 5.37. The highest BCUT2D eigenvalue weighted by molar-refractivity contribution is 6.83. The van der Waals surface area contributed by atoms with Crippen molar-refractivity contribution in [2.45, 2.75) is 32.6 Å². The molecule has 0 atom stereocenters. The van der Waals surface area contributed by atoms with Crippen molar-refractivity contribution in [3.05, 3.63) is 29.4 Å². The number of benzene rings is 1. The minimum absolute atomic E-state index is 0.756. The third-order valence-electron chi connectivity index (χ3n) is 2.47. The van der Waals surface area contributed by atoms with Gasteiger partial charge in [0.25, 0.3) is 0 Å². The van der Waals surface area contributed by atoms with Crippen LogP contribution in [0.1, 0.15) is 6.42 Å². The second kappa shape index (κ2) is 5.17. The summed E-state index contributed by atoms with van der Waals surface area (Å²) in [6.07, 6.45) is 2.84. The van der Waals surface area contributed by atoms with Crippen LogP contribution in [0.4, 0.5) is 0 Å². The van der Waals surface area contributed by atoms with Gasteiger partial charge in [0.2, 0.25) is 0 Å². The normalized spacial score (nSPS) is 11.3. The minimum atomic E-state index is -1.25. The lowest BCUT2D eigenvalue weighted by molar-refractivity contribution is 0.637. The SMILES string of the molecule is C[Si](C)(C)C#CCCn1cc2c(Cl)cccc2n1. The van der Waals surface area contributed by atoms with Crippen molar-refractivity contribution in [3.63, 3.8) is 0 Å². The van der Waals surface area contributed by atoms with E-state index in [9.17, 15) is 0 Å². The van der Waals surface area contributed by atoms with Crippen LogP contribution in [0.2, 0.25) is 24.7 Å². The van der Waals surface area contributed by atoms with Crippen molar-refractivity contribution >= 4 is 30.6 Å². The second-order valence-corrected chi connectivity index (χ2v) is 10.5. The van der Waals surface area contributed by atoms with E-state index in [1.54, 1.807) is 0 Å². The maximum atomic E-state index is 6.12. The summed E-state index contributed by atoms with van der Waals surface area (Å²) in [6, 6.07) is 5.79. The van der Waals surface area contributed by atoms with Gasteiger partial charge in [-0.2, -0.15) is 5.10 Å². The van der Waals surface area contributed by atoms with Crippen LogP contribution in [0.5, 0.6) is 0 Å². The Labute approximate surface area is 114 Å². The number of fused-ring (bicyclic) bond motifs is 1. The highest BCUT2D eigenvalue weighted by atomic mass is 35.5. The number of halogens is 1. The largest absolute Gasteiger partial charge is 0.271 e.